The van der Waals surface area contributed by atoms with E-state index < -0.39 is 0 Å². The van der Waals surface area contributed by atoms with E-state index in [1.807, 2.05) is 19.1 Å². The SMILES string of the molecule is CCC(=O)CCCCC[C@H](N)c1[nH]c2nc1C(=O)CCCC/C=C\c1cccc-2c1. The van der Waals surface area contributed by atoms with Gasteiger partial charge in [0.15, 0.2) is 5.78 Å². The summed E-state index contributed by atoms with van der Waals surface area (Å²) in [5.74, 6) is 1.08. The quantitative estimate of drug-likeness (QED) is 0.543. The summed E-state index contributed by atoms with van der Waals surface area (Å²) >= 11 is 0. The highest BCUT2D eigenvalue weighted by Gasteiger charge is 2.22. The predicted octanol–water partition coefficient (Wildman–Crippen LogP) is 5.78. The number of carbonyl (C=O) groups excluding carboxylic acids is 2. The highest BCUT2D eigenvalue weighted by Crippen LogP contribution is 2.27. The number of carbonyl (C=O) groups is 2. The Hall–Kier alpha value is -2.53. The molecule has 5 heteroatoms. The lowest BCUT2D eigenvalue weighted by molar-refractivity contribution is -0.118. The molecule has 0 fully saturated rings. The molecule has 1 aromatic carbocycles. The molecule has 1 aliphatic rings. The molecule has 0 aliphatic carbocycles. The number of hydrogen-bond donors (Lipinski definition) is 2. The van der Waals surface area contributed by atoms with E-state index in [1.165, 1.54) is 0 Å². The van der Waals surface area contributed by atoms with Gasteiger partial charge in [0.1, 0.15) is 17.3 Å². The first-order valence-electron chi connectivity index (χ1n) is 11.3. The maximum Gasteiger partial charge on any atom is 0.183 e. The van der Waals surface area contributed by atoms with Gasteiger partial charge in [-0.3, -0.25) is 9.59 Å². The van der Waals surface area contributed by atoms with Crippen LogP contribution in [0.5, 0.6) is 0 Å². The first kappa shape index (κ1) is 22.2. The van der Waals surface area contributed by atoms with Crippen molar-refractivity contribution in [2.24, 2.45) is 5.73 Å². The molecule has 160 valence electrons. The van der Waals surface area contributed by atoms with Crippen molar-refractivity contribution in [1.82, 2.24) is 9.97 Å². The van der Waals surface area contributed by atoms with Crippen LogP contribution in [-0.4, -0.2) is 21.5 Å². The maximum absolute atomic E-state index is 12.9. The van der Waals surface area contributed by atoms with Crippen LogP contribution in [0.25, 0.3) is 17.5 Å². The Morgan fingerprint density at radius 3 is 2.93 bits per heavy atom. The smallest absolute Gasteiger partial charge is 0.183 e. The topological polar surface area (TPSA) is 88.8 Å². The number of H-pyrrole nitrogens is 1. The third kappa shape index (κ3) is 5.99. The number of benzene rings is 1. The zero-order valence-electron chi connectivity index (χ0n) is 18.0. The van der Waals surface area contributed by atoms with Crippen LogP contribution in [-0.2, 0) is 4.79 Å². The Bertz CT molecular complexity index is 898. The minimum Gasteiger partial charge on any atom is -0.340 e. The van der Waals surface area contributed by atoms with E-state index in [0.717, 1.165) is 61.8 Å². The summed E-state index contributed by atoms with van der Waals surface area (Å²) in [7, 11) is 0. The molecule has 2 aromatic rings. The fourth-order valence-electron chi connectivity index (χ4n) is 3.86. The van der Waals surface area contributed by atoms with Crippen molar-refractivity contribution >= 4 is 17.6 Å². The average Bonchev–Trinajstić information content (AvgIpc) is 3.21. The molecule has 0 radical (unpaired) electrons. The number of nitrogens with two attached hydrogens (primary N) is 1. The Morgan fingerprint density at radius 2 is 2.10 bits per heavy atom. The van der Waals surface area contributed by atoms with Crippen molar-refractivity contribution in [3.8, 4) is 11.4 Å². The molecule has 0 saturated heterocycles. The van der Waals surface area contributed by atoms with Crippen molar-refractivity contribution in [1.29, 1.82) is 0 Å². The Kier molecular flexibility index (Phi) is 8.14. The lowest BCUT2D eigenvalue weighted by atomic mass is 10.0. The van der Waals surface area contributed by atoms with Crippen LogP contribution in [0, 0.1) is 0 Å². The van der Waals surface area contributed by atoms with Gasteiger partial charge < -0.3 is 10.7 Å². The van der Waals surface area contributed by atoms with E-state index in [2.05, 4.69) is 34.3 Å². The molecule has 3 N–H and O–H groups in total. The second-order valence-electron chi connectivity index (χ2n) is 8.14. The molecule has 0 spiro atoms. The monoisotopic (exact) mass is 407 g/mol. The van der Waals surface area contributed by atoms with Crippen molar-refractivity contribution < 1.29 is 9.59 Å². The molecular weight excluding hydrogens is 374 g/mol. The van der Waals surface area contributed by atoms with Gasteiger partial charge in [-0.2, -0.15) is 0 Å². The lowest BCUT2D eigenvalue weighted by Gasteiger charge is -2.11. The largest absolute Gasteiger partial charge is 0.340 e. The number of ketones is 2. The van der Waals surface area contributed by atoms with E-state index in [9.17, 15) is 9.59 Å². The van der Waals surface area contributed by atoms with Crippen LogP contribution in [0.3, 0.4) is 0 Å². The highest BCUT2D eigenvalue weighted by molar-refractivity contribution is 5.96. The number of nitrogens with zero attached hydrogens (tertiary/aromatic N) is 1. The summed E-state index contributed by atoms with van der Waals surface area (Å²) in [5, 5.41) is 0. The zero-order chi connectivity index (χ0) is 21.3. The van der Waals surface area contributed by atoms with Crippen LogP contribution in [0.15, 0.2) is 30.3 Å². The summed E-state index contributed by atoms with van der Waals surface area (Å²) in [6, 6.07) is 7.91. The van der Waals surface area contributed by atoms with Gasteiger partial charge in [0, 0.05) is 30.9 Å². The number of fused-ring (bicyclic) bond motifs is 5. The number of rotatable bonds is 8. The van der Waals surface area contributed by atoms with Gasteiger partial charge in [0.05, 0.1) is 5.69 Å². The molecule has 30 heavy (non-hydrogen) atoms. The van der Waals surface area contributed by atoms with Crippen LogP contribution >= 0.6 is 0 Å². The average molecular weight is 408 g/mol. The lowest BCUT2D eigenvalue weighted by Crippen LogP contribution is -2.15. The maximum atomic E-state index is 12.9. The van der Waals surface area contributed by atoms with Crippen LogP contribution in [0.4, 0.5) is 0 Å². The van der Waals surface area contributed by atoms with Gasteiger partial charge in [-0.05, 0) is 43.7 Å². The van der Waals surface area contributed by atoms with Gasteiger partial charge in [0.2, 0.25) is 0 Å². The highest BCUT2D eigenvalue weighted by atomic mass is 16.1. The predicted molar refractivity (Wildman–Crippen MR) is 121 cm³/mol. The molecule has 0 unspecified atom stereocenters. The number of allylic oxidation sites excluding steroid dienone is 1. The number of unbranched alkanes of at least 4 members (excludes halogenated alkanes) is 2. The number of Topliss-reactive ketones (excluding diaryl/α,β-unsaturated/α-hetero) is 2. The molecule has 0 saturated carbocycles. The fourth-order valence-corrected chi connectivity index (χ4v) is 3.86. The van der Waals surface area contributed by atoms with E-state index in [-0.39, 0.29) is 11.8 Å². The Morgan fingerprint density at radius 1 is 1.23 bits per heavy atom. The standard InChI is InChI=1S/C25H33N3O2/c1-2-20(29)14-7-5-8-15-21(26)23-24-22(30)16-9-4-3-6-11-18-12-10-13-19(17-18)25(27-23)28-24/h6,10-13,17,21H,2-5,7-9,14-16,26H2,1H3,(H,27,28)/b11-6-/t21-/m0/s1. The Balaban J connectivity index is 1.77. The number of aromatic amines is 1. The fraction of sp³-hybridized carbons (Fsp3) is 0.480. The second-order valence-corrected chi connectivity index (χ2v) is 8.14. The number of aromatic nitrogens is 2. The summed E-state index contributed by atoms with van der Waals surface area (Å²) in [6.45, 7) is 1.90. The van der Waals surface area contributed by atoms with Crippen LogP contribution in [0.2, 0.25) is 0 Å². The summed E-state index contributed by atoms with van der Waals surface area (Å²) in [4.78, 5) is 32.4. The summed E-state index contributed by atoms with van der Waals surface area (Å²) < 4.78 is 0. The van der Waals surface area contributed by atoms with E-state index >= 15 is 0 Å². The van der Waals surface area contributed by atoms with Gasteiger partial charge in [0.25, 0.3) is 0 Å². The molecule has 4 bridgehead atoms. The van der Waals surface area contributed by atoms with Gasteiger partial charge in [-0.1, -0.05) is 50.1 Å². The van der Waals surface area contributed by atoms with Crippen molar-refractivity contribution in [2.45, 2.75) is 77.2 Å². The molecule has 3 rings (SSSR count). The summed E-state index contributed by atoms with van der Waals surface area (Å²) in [6.07, 6.45) is 12.4. The normalized spacial score (nSPS) is 16.3. The molecule has 0 amide bonds. The van der Waals surface area contributed by atoms with E-state index in [0.29, 0.717) is 36.6 Å². The van der Waals surface area contributed by atoms with Crippen LogP contribution in [0.1, 0.15) is 98.9 Å². The molecular formula is C25H33N3O2. The molecule has 1 atom stereocenters. The minimum atomic E-state index is -0.261. The first-order chi connectivity index (χ1) is 14.6. The Labute approximate surface area is 179 Å². The first-order valence-corrected chi connectivity index (χ1v) is 11.3. The molecule has 2 heterocycles. The number of hydrogen-bond acceptors (Lipinski definition) is 4. The molecule has 5 nitrogen and oxygen atoms in total. The number of imidazole rings is 1. The summed E-state index contributed by atoms with van der Waals surface area (Å²) in [5.41, 5.74) is 9.82. The zero-order valence-corrected chi connectivity index (χ0v) is 18.0. The van der Waals surface area contributed by atoms with Crippen LogP contribution < -0.4 is 5.73 Å². The molecule has 1 aromatic heterocycles. The van der Waals surface area contributed by atoms with Gasteiger partial charge >= 0.3 is 0 Å². The number of nitrogens with one attached hydrogen (secondary N) is 1. The van der Waals surface area contributed by atoms with Crippen molar-refractivity contribution in [3.63, 3.8) is 0 Å². The molecule has 1 aliphatic heterocycles. The second kappa shape index (κ2) is 11.0. The van der Waals surface area contributed by atoms with Crippen molar-refractivity contribution in [3.05, 3.63) is 47.3 Å². The third-order valence-corrected chi connectivity index (χ3v) is 5.73. The van der Waals surface area contributed by atoms with E-state index in [4.69, 9.17) is 5.73 Å². The van der Waals surface area contributed by atoms with E-state index in [1.54, 1.807) is 0 Å². The van der Waals surface area contributed by atoms with Gasteiger partial charge in [-0.25, -0.2) is 4.98 Å². The van der Waals surface area contributed by atoms with Gasteiger partial charge in [-0.15, -0.1) is 0 Å². The minimum absolute atomic E-state index is 0.0656. The third-order valence-electron chi connectivity index (χ3n) is 5.73. The van der Waals surface area contributed by atoms with Crippen molar-refractivity contribution in [2.75, 3.05) is 0 Å².